The predicted molar refractivity (Wildman–Crippen MR) is 109 cm³/mol. The Morgan fingerprint density at radius 1 is 1.21 bits per heavy atom. The smallest absolute Gasteiger partial charge is 0.223 e. The van der Waals surface area contributed by atoms with Crippen molar-refractivity contribution in [2.45, 2.75) is 51.1 Å². The van der Waals surface area contributed by atoms with Gasteiger partial charge in [-0.1, -0.05) is 25.0 Å². The number of nitrogens with zero attached hydrogens (tertiary/aromatic N) is 2. The van der Waals surface area contributed by atoms with Crippen molar-refractivity contribution in [2.24, 2.45) is 11.8 Å². The van der Waals surface area contributed by atoms with Crippen molar-refractivity contribution in [3.8, 4) is 0 Å². The maximum atomic E-state index is 13.2. The highest BCUT2D eigenvalue weighted by atomic mass is 32.1. The first-order valence-corrected chi connectivity index (χ1v) is 11.2. The highest BCUT2D eigenvalue weighted by Crippen LogP contribution is 2.33. The van der Waals surface area contributed by atoms with Crippen molar-refractivity contribution in [1.82, 2.24) is 15.2 Å². The van der Waals surface area contributed by atoms with E-state index >= 15 is 0 Å². The summed E-state index contributed by atoms with van der Waals surface area (Å²) in [6, 6.07) is 6.76. The van der Waals surface area contributed by atoms with Gasteiger partial charge < -0.3 is 5.32 Å². The summed E-state index contributed by atoms with van der Waals surface area (Å²) in [6.07, 6.45) is 8.37. The number of thiazole rings is 1. The summed E-state index contributed by atoms with van der Waals surface area (Å²) in [4.78, 5) is 19.8. The minimum atomic E-state index is -0.196. The van der Waals surface area contributed by atoms with Crippen LogP contribution in [0.1, 0.15) is 55.1 Å². The molecule has 2 fully saturated rings. The molecule has 150 valence electrons. The molecule has 4 rings (SSSR count). The minimum absolute atomic E-state index is 0.0101. The fourth-order valence-electron chi connectivity index (χ4n) is 4.58. The molecule has 0 radical (unpaired) electrons. The molecule has 28 heavy (non-hydrogen) atoms. The third kappa shape index (κ3) is 4.78. The second kappa shape index (κ2) is 9.14. The molecule has 1 saturated heterocycles. The average Bonchev–Trinajstić information content (AvgIpc) is 3.42. The standard InChI is InChI=1S/C22H28FN3OS/c23-19-9-7-16(8-10-19)14-26-12-3-6-18(15-26)20(22-24-11-13-28-22)25-21(27)17-4-1-2-5-17/h7-11,13,17-18,20H,1-6,12,14-15H2,(H,25,27)/t18-,20+/m1/s1. The monoisotopic (exact) mass is 401 g/mol. The van der Waals surface area contributed by atoms with E-state index in [4.69, 9.17) is 0 Å². The maximum Gasteiger partial charge on any atom is 0.223 e. The summed E-state index contributed by atoms with van der Waals surface area (Å²) in [5, 5.41) is 6.36. The van der Waals surface area contributed by atoms with E-state index in [1.165, 1.54) is 12.1 Å². The molecule has 1 aliphatic heterocycles. The number of carbonyl (C=O) groups excluding carboxylic acids is 1. The Kier molecular flexibility index (Phi) is 6.37. The molecule has 4 nitrogen and oxygen atoms in total. The summed E-state index contributed by atoms with van der Waals surface area (Å²) in [6.45, 7) is 2.78. The molecular formula is C22H28FN3OS. The number of nitrogens with one attached hydrogen (secondary N) is 1. The Hall–Kier alpha value is -1.79. The van der Waals surface area contributed by atoms with E-state index in [0.29, 0.717) is 5.92 Å². The van der Waals surface area contributed by atoms with E-state index in [2.05, 4.69) is 15.2 Å². The van der Waals surface area contributed by atoms with E-state index in [1.54, 1.807) is 11.3 Å². The number of hydrogen-bond acceptors (Lipinski definition) is 4. The first kappa shape index (κ1) is 19.5. The number of aromatic nitrogens is 1. The molecule has 0 bridgehead atoms. The molecule has 2 aromatic rings. The third-order valence-corrected chi connectivity index (χ3v) is 6.93. The molecule has 6 heteroatoms. The van der Waals surface area contributed by atoms with Crippen LogP contribution < -0.4 is 5.32 Å². The summed E-state index contributed by atoms with van der Waals surface area (Å²) in [7, 11) is 0. The molecule has 1 N–H and O–H groups in total. The van der Waals surface area contributed by atoms with Gasteiger partial charge in [0.15, 0.2) is 0 Å². The van der Waals surface area contributed by atoms with Crippen molar-refractivity contribution >= 4 is 17.2 Å². The highest BCUT2D eigenvalue weighted by Gasteiger charge is 2.33. The van der Waals surface area contributed by atoms with E-state index in [9.17, 15) is 9.18 Å². The van der Waals surface area contributed by atoms with Gasteiger partial charge in [0.2, 0.25) is 5.91 Å². The molecule has 0 unspecified atom stereocenters. The number of rotatable bonds is 6. The molecule has 1 saturated carbocycles. The van der Waals surface area contributed by atoms with Crippen LogP contribution >= 0.6 is 11.3 Å². The summed E-state index contributed by atoms with van der Waals surface area (Å²) in [5.41, 5.74) is 1.13. The zero-order valence-corrected chi connectivity index (χ0v) is 17.0. The number of carbonyl (C=O) groups is 1. The van der Waals surface area contributed by atoms with Crippen molar-refractivity contribution < 1.29 is 9.18 Å². The van der Waals surface area contributed by atoms with Gasteiger partial charge in [-0.15, -0.1) is 11.3 Å². The van der Waals surface area contributed by atoms with Gasteiger partial charge in [0, 0.05) is 30.6 Å². The van der Waals surface area contributed by atoms with E-state index < -0.39 is 0 Å². The van der Waals surface area contributed by atoms with Crippen LogP contribution in [0.5, 0.6) is 0 Å². The lowest BCUT2D eigenvalue weighted by molar-refractivity contribution is -0.126. The van der Waals surface area contributed by atoms with Crippen LogP contribution in [0.15, 0.2) is 35.8 Å². The van der Waals surface area contributed by atoms with Crippen LogP contribution in [0.2, 0.25) is 0 Å². The number of amides is 1. The second-order valence-corrected chi connectivity index (χ2v) is 9.03. The van der Waals surface area contributed by atoms with Gasteiger partial charge in [0.05, 0.1) is 6.04 Å². The molecule has 0 spiro atoms. The Morgan fingerprint density at radius 2 is 2.00 bits per heavy atom. The zero-order valence-electron chi connectivity index (χ0n) is 16.1. The molecule has 1 aliphatic carbocycles. The number of benzene rings is 1. The fourth-order valence-corrected chi connectivity index (χ4v) is 5.36. The molecule has 1 amide bonds. The third-order valence-electron chi connectivity index (χ3n) is 6.07. The van der Waals surface area contributed by atoms with Crippen molar-refractivity contribution in [2.75, 3.05) is 13.1 Å². The Balaban J connectivity index is 1.44. The number of hydrogen-bond donors (Lipinski definition) is 1. The average molecular weight is 402 g/mol. The zero-order chi connectivity index (χ0) is 19.3. The molecule has 2 atom stereocenters. The fraction of sp³-hybridized carbons (Fsp3) is 0.545. The summed E-state index contributed by atoms with van der Waals surface area (Å²) >= 11 is 1.63. The van der Waals surface area contributed by atoms with Crippen molar-refractivity contribution in [1.29, 1.82) is 0 Å². The first-order valence-electron chi connectivity index (χ1n) is 10.4. The molecule has 2 heterocycles. The SMILES string of the molecule is O=C(N[C@H](c1nccs1)[C@@H]1CCCN(Cc2ccc(F)cc2)C1)C1CCCC1. The van der Waals surface area contributed by atoms with Crippen LogP contribution in [0, 0.1) is 17.7 Å². The normalized spacial score (nSPS) is 22.2. The number of halogens is 1. The van der Waals surface area contributed by atoms with Gasteiger partial charge in [0.1, 0.15) is 10.8 Å². The van der Waals surface area contributed by atoms with Crippen LogP contribution in [0.4, 0.5) is 4.39 Å². The van der Waals surface area contributed by atoms with Crippen LogP contribution in [-0.4, -0.2) is 28.9 Å². The van der Waals surface area contributed by atoms with Crippen LogP contribution in [0.25, 0.3) is 0 Å². The van der Waals surface area contributed by atoms with Crippen molar-refractivity contribution in [3.05, 3.63) is 52.2 Å². The lowest BCUT2D eigenvalue weighted by atomic mass is 9.90. The van der Waals surface area contributed by atoms with Gasteiger partial charge in [-0.3, -0.25) is 9.69 Å². The van der Waals surface area contributed by atoms with Gasteiger partial charge in [-0.25, -0.2) is 9.37 Å². The first-order chi connectivity index (χ1) is 13.7. The quantitative estimate of drug-likeness (QED) is 0.773. The maximum absolute atomic E-state index is 13.2. The van der Waals surface area contributed by atoms with Crippen LogP contribution in [-0.2, 0) is 11.3 Å². The molecule has 1 aromatic carbocycles. The highest BCUT2D eigenvalue weighted by molar-refractivity contribution is 7.09. The Labute approximate surface area is 170 Å². The lowest BCUT2D eigenvalue weighted by Crippen LogP contribution is -2.43. The summed E-state index contributed by atoms with van der Waals surface area (Å²) < 4.78 is 13.2. The van der Waals surface area contributed by atoms with Crippen LogP contribution in [0.3, 0.4) is 0 Å². The number of likely N-dealkylation sites (tertiary alicyclic amines) is 1. The Morgan fingerprint density at radius 3 is 2.71 bits per heavy atom. The van der Waals surface area contributed by atoms with Gasteiger partial charge >= 0.3 is 0 Å². The number of piperidine rings is 1. The van der Waals surface area contributed by atoms with Crippen molar-refractivity contribution in [3.63, 3.8) is 0 Å². The van der Waals surface area contributed by atoms with E-state index in [-0.39, 0.29) is 23.7 Å². The predicted octanol–water partition coefficient (Wildman–Crippen LogP) is 4.54. The van der Waals surface area contributed by atoms with Gasteiger partial charge in [-0.05, 0) is 55.8 Å². The Bertz CT molecular complexity index is 759. The van der Waals surface area contributed by atoms with Gasteiger partial charge in [-0.2, -0.15) is 0 Å². The van der Waals surface area contributed by atoms with E-state index in [0.717, 1.165) is 68.7 Å². The topological polar surface area (TPSA) is 45.2 Å². The minimum Gasteiger partial charge on any atom is -0.346 e. The molecular weight excluding hydrogens is 373 g/mol. The van der Waals surface area contributed by atoms with E-state index in [1.807, 2.05) is 23.7 Å². The lowest BCUT2D eigenvalue weighted by Gasteiger charge is -2.37. The largest absolute Gasteiger partial charge is 0.346 e. The summed E-state index contributed by atoms with van der Waals surface area (Å²) in [5.74, 6) is 0.527. The van der Waals surface area contributed by atoms with Gasteiger partial charge in [0.25, 0.3) is 0 Å². The molecule has 1 aromatic heterocycles. The second-order valence-electron chi connectivity index (χ2n) is 8.10. The molecule has 2 aliphatic rings.